The maximum atomic E-state index is 12.6. The Hall–Kier alpha value is -2.29. The second-order valence-corrected chi connectivity index (χ2v) is 6.31. The van der Waals surface area contributed by atoms with Gasteiger partial charge in [0.05, 0.1) is 0 Å². The van der Waals surface area contributed by atoms with Crippen molar-refractivity contribution in [3.05, 3.63) is 59.2 Å². The van der Waals surface area contributed by atoms with Crippen molar-refractivity contribution >= 4 is 11.6 Å². The van der Waals surface area contributed by atoms with Crippen LogP contribution in [0.2, 0.25) is 0 Å². The number of carbonyl (C=O) groups is 1. The van der Waals surface area contributed by atoms with Gasteiger partial charge in [-0.1, -0.05) is 30.3 Å². The summed E-state index contributed by atoms with van der Waals surface area (Å²) in [6.45, 7) is 0.874. The summed E-state index contributed by atoms with van der Waals surface area (Å²) < 4.78 is 5.90. The van der Waals surface area contributed by atoms with Crippen molar-refractivity contribution in [2.75, 3.05) is 18.1 Å². The number of anilines is 1. The highest BCUT2D eigenvalue weighted by molar-refractivity contribution is 5.96. The number of ether oxygens (including phenoxy) is 1. The van der Waals surface area contributed by atoms with Crippen LogP contribution >= 0.6 is 0 Å². The average Bonchev–Trinajstić information content (AvgIpc) is 3.04. The first kappa shape index (κ1) is 14.3. The van der Waals surface area contributed by atoms with Crippen LogP contribution in [0.3, 0.4) is 0 Å². The van der Waals surface area contributed by atoms with Crippen LogP contribution < -0.4 is 9.64 Å². The molecular weight excluding hydrogens is 286 g/mol. The summed E-state index contributed by atoms with van der Waals surface area (Å²) in [5.74, 6) is 0.936. The highest BCUT2D eigenvalue weighted by atomic mass is 16.5. The second-order valence-electron chi connectivity index (χ2n) is 6.31. The van der Waals surface area contributed by atoms with E-state index in [1.165, 1.54) is 29.5 Å². The standard InChI is InChI=1S/C20H21NO2/c22-20(21-13-12-16-7-2-4-10-18(16)21)14-23-19-11-5-8-15-6-1-3-9-17(15)19/h2,4-5,7-8,10-11H,1,3,6,9,12-14H2. The number of hydrogen-bond donors (Lipinski definition) is 0. The maximum absolute atomic E-state index is 12.6. The number of fused-ring (bicyclic) bond motifs is 2. The van der Waals surface area contributed by atoms with Crippen LogP contribution in [0, 0.1) is 0 Å². The summed E-state index contributed by atoms with van der Waals surface area (Å²) in [5.41, 5.74) is 4.97. The molecule has 3 nitrogen and oxygen atoms in total. The first-order valence-electron chi connectivity index (χ1n) is 8.45. The quantitative estimate of drug-likeness (QED) is 0.868. The van der Waals surface area contributed by atoms with Crippen molar-refractivity contribution < 1.29 is 9.53 Å². The van der Waals surface area contributed by atoms with Crippen molar-refractivity contribution in [1.29, 1.82) is 0 Å². The Labute approximate surface area is 136 Å². The molecule has 0 aromatic heterocycles. The van der Waals surface area contributed by atoms with Crippen molar-refractivity contribution in [2.45, 2.75) is 32.1 Å². The van der Waals surface area contributed by atoms with E-state index in [9.17, 15) is 4.79 Å². The van der Waals surface area contributed by atoms with Gasteiger partial charge in [0.25, 0.3) is 5.91 Å². The molecule has 0 unspecified atom stereocenters. The lowest BCUT2D eigenvalue weighted by Gasteiger charge is -2.21. The van der Waals surface area contributed by atoms with Gasteiger partial charge in [0.2, 0.25) is 0 Å². The van der Waals surface area contributed by atoms with Crippen LogP contribution in [-0.2, 0) is 24.1 Å². The molecule has 1 aliphatic carbocycles. The van der Waals surface area contributed by atoms with Crippen molar-refractivity contribution in [2.24, 2.45) is 0 Å². The number of carbonyl (C=O) groups excluding carboxylic acids is 1. The molecule has 118 valence electrons. The summed E-state index contributed by atoms with van der Waals surface area (Å²) in [7, 11) is 0. The Bertz CT molecular complexity index is 738. The van der Waals surface area contributed by atoms with E-state index >= 15 is 0 Å². The zero-order chi connectivity index (χ0) is 15.6. The average molecular weight is 307 g/mol. The largest absolute Gasteiger partial charge is 0.483 e. The molecule has 4 rings (SSSR count). The highest BCUT2D eigenvalue weighted by Crippen LogP contribution is 2.30. The molecule has 3 heteroatoms. The summed E-state index contributed by atoms with van der Waals surface area (Å²) in [4.78, 5) is 14.4. The first-order valence-corrected chi connectivity index (χ1v) is 8.45. The molecule has 0 bridgehead atoms. The van der Waals surface area contributed by atoms with Crippen molar-refractivity contribution in [3.8, 4) is 5.75 Å². The molecule has 2 aromatic carbocycles. The maximum Gasteiger partial charge on any atom is 0.264 e. The van der Waals surface area contributed by atoms with Gasteiger partial charge < -0.3 is 9.64 Å². The third kappa shape index (κ3) is 2.72. The number of rotatable bonds is 3. The van der Waals surface area contributed by atoms with Gasteiger partial charge in [-0.25, -0.2) is 0 Å². The molecule has 0 saturated heterocycles. The summed E-state index contributed by atoms with van der Waals surface area (Å²) >= 11 is 0. The highest BCUT2D eigenvalue weighted by Gasteiger charge is 2.24. The van der Waals surface area contributed by atoms with Crippen molar-refractivity contribution in [1.82, 2.24) is 0 Å². The van der Waals surface area contributed by atoms with Gasteiger partial charge in [0, 0.05) is 12.2 Å². The van der Waals surface area contributed by atoms with E-state index < -0.39 is 0 Å². The summed E-state index contributed by atoms with van der Waals surface area (Å²) in [5, 5.41) is 0. The predicted molar refractivity (Wildman–Crippen MR) is 91.1 cm³/mol. The molecule has 0 saturated carbocycles. The number of benzene rings is 2. The Morgan fingerprint density at radius 2 is 1.78 bits per heavy atom. The van der Waals surface area contributed by atoms with E-state index in [0.29, 0.717) is 0 Å². The van der Waals surface area contributed by atoms with Gasteiger partial charge in [-0.2, -0.15) is 0 Å². The molecule has 0 N–H and O–H groups in total. The van der Waals surface area contributed by atoms with E-state index in [1.54, 1.807) is 0 Å². The van der Waals surface area contributed by atoms with E-state index in [2.05, 4.69) is 12.1 Å². The summed E-state index contributed by atoms with van der Waals surface area (Å²) in [6, 6.07) is 14.3. The molecule has 2 aromatic rings. The van der Waals surface area contributed by atoms with Crippen LogP contribution in [0.15, 0.2) is 42.5 Å². The topological polar surface area (TPSA) is 29.5 Å². The number of nitrogens with zero attached hydrogens (tertiary/aromatic N) is 1. The molecular formula is C20H21NO2. The number of aryl methyl sites for hydroxylation is 1. The third-order valence-corrected chi connectivity index (χ3v) is 4.89. The van der Waals surface area contributed by atoms with Crippen LogP contribution in [0.4, 0.5) is 5.69 Å². The zero-order valence-electron chi connectivity index (χ0n) is 13.3. The van der Waals surface area contributed by atoms with Gasteiger partial charge in [-0.05, 0) is 60.9 Å². The van der Waals surface area contributed by atoms with Gasteiger partial charge >= 0.3 is 0 Å². The van der Waals surface area contributed by atoms with Crippen LogP contribution in [0.25, 0.3) is 0 Å². The molecule has 1 amide bonds. The van der Waals surface area contributed by atoms with E-state index in [-0.39, 0.29) is 12.5 Å². The molecule has 23 heavy (non-hydrogen) atoms. The van der Waals surface area contributed by atoms with Gasteiger partial charge in [0.1, 0.15) is 5.75 Å². The lowest BCUT2D eigenvalue weighted by Crippen LogP contribution is -2.33. The Balaban J connectivity index is 1.47. The minimum absolute atomic E-state index is 0.0448. The fraction of sp³-hybridized carbons (Fsp3) is 0.350. The van der Waals surface area contributed by atoms with Crippen LogP contribution in [0.5, 0.6) is 5.75 Å². The third-order valence-electron chi connectivity index (χ3n) is 4.89. The minimum atomic E-state index is 0.0448. The summed E-state index contributed by atoms with van der Waals surface area (Å²) in [6.07, 6.45) is 5.58. The van der Waals surface area contributed by atoms with E-state index in [1.807, 2.05) is 35.2 Å². The monoisotopic (exact) mass is 307 g/mol. The molecule has 2 aliphatic rings. The van der Waals surface area contributed by atoms with Crippen LogP contribution in [-0.4, -0.2) is 19.1 Å². The minimum Gasteiger partial charge on any atom is -0.483 e. The SMILES string of the molecule is O=C(COc1cccc2c1CCCC2)N1CCc2ccccc21. The van der Waals surface area contributed by atoms with Gasteiger partial charge in [-0.3, -0.25) is 4.79 Å². The van der Waals surface area contributed by atoms with E-state index in [0.717, 1.165) is 37.2 Å². The van der Waals surface area contributed by atoms with Gasteiger partial charge in [0.15, 0.2) is 6.61 Å². The molecule has 0 atom stereocenters. The molecule has 1 heterocycles. The Kier molecular flexibility index (Phi) is 3.78. The predicted octanol–water partition coefficient (Wildman–Crippen LogP) is 3.53. The first-order chi connectivity index (χ1) is 11.3. The number of para-hydroxylation sites is 1. The second kappa shape index (κ2) is 6.07. The molecule has 0 radical (unpaired) electrons. The lowest BCUT2D eigenvalue weighted by atomic mass is 9.91. The Morgan fingerprint density at radius 3 is 2.74 bits per heavy atom. The van der Waals surface area contributed by atoms with E-state index in [4.69, 9.17) is 4.74 Å². The molecule has 1 aliphatic heterocycles. The van der Waals surface area contributed by atoms with Gasteiger partial charge in [-0.15, -0.1) is 0 Å². The number of hydrogen-bond acceptors (Lipinski definition) is 2. The molecule has 0 fully saturated rings. The van der Waals surface area contributed by atoms with Crippen LogP contribution in [0.1, 0.15) is 29.5 Å². The smallest absolute Gasteiger partial charge is 0.264 e. The zero-order valence-corrected chi connectivity index (χ0v) is 13.3. The fourth-order valence-electron chi connectivity index (χ4n) is 3.70. The van der Waals surface area contributed by atoms with Crippen molar-refractivity contribution in [3.63, 3.8) is 0 Å². The number of amides is 1. The molecule has 0 spiro atoms. The lowest BCUT2D eigenvalue weighted by molar-refractivity contribution is -0.120. The Morgan fingerprint density at radius 1 is 0.957 bits per heavy atom. The fourth-order valence-corrected chi connectivity index (χ4v) is 3.70. The normalized spacial score (nSPS) is 15.9.